The summed E-state index contributed by atoms with van der Waals surface area (Å²) < 4.78 is 19.7. The summed E-state index contributed by atoms with van der Waals surface area (Å²) in [6.07, 6.45) is 0.346. The molecular weight excluding hydrogens is 259 g/mol. The smallest absolute Gasteiger partial charge is 0.410 e. The molecule has 0 radical (unpaired) electrons. The van der Waals surface area contributed by atoms with E-state index in [0.29, 0.717) is 19.5 Å². The van der Waals surface area contributed by atoms with E-state index in [2.05, 4.69) is 13.8 Å². The molecular formula is C15H29FN2O2. The predicted octanol–water partition coefficient (Wildman–Crippen LogP) is 3.10. The highest BCUT2D eigenvalue weighted by atomic mass is 19.1. The van der Waals surface area contributed by atoms with E-state index in [0.717, 1.165) is 6.42 Å². The van der Waals surface area contributed by atoms with E-state index in [1.807, 2.05) is 20.8 Å². The van der Waals surface area contributed by atoms with Crippen molar-refractivity contribution in [2.45, 2.75) is 71.7 Å². The van der Waals surface area contributed by atoms with Crippen molar-refractivity contribution in [1.29, 1.82) is 0 Å². The molecule has 2 unspecified atom stereocenters. The summed E-state index contributed by atoms with van der Waals surface area (Å²) in [5.74, 6) is 0. The molecule has 2 N–H and O–H groups in total. The normalized spacial score (nSPS) is 24.4. The number of halogens is 1. The summed E-state index contributed by atoms with van der Waals surface area (Å²) in [4.78, 5) is 13.9. The first kappa shape index (κ1) is 17.2. The average Bonchev–Trinajstić information content (AvgIpc) is 2.25. The van der Waals surface area contributed by atoms with Crippen LogP contribution < -0.4 is 5.73 Å². The molecule has 1 rings (SSSR count). The van der Waals surface area contributed by atoms with Crippen molar-refractivity contribution in [3.63, 3.8) is 0 Å². The van der Waals surface area contributed by atoms with Gasteiger partial charge in [0, 0.05) is 6.54 Å². The van der Waals surface area contributed by atoms with Crippen LogP contribution in [0.25, 0.3) is 0 Å². The van der Waals surface area contributed by atoms with E-state index in [-0.39, 0.29) is 11.8 Å². The van der Waals surface area contributed by atoms with Crippen LogP contribution in [-0.2, 0) is 4.74 Å². The number of ether oxygens (including phenoxy) is 1. The molecule has 0 spiro atoms. The fourth-order valence-electron chi connectivity index (χ4n) is 2.60. The van der Waals surface area contributed by atoms with Crippen molar-refractivity contribution >= 4 is 6.09 Å². The number of piperidine rings is 1. The van der Waals surface area contributed by atoms with E-state index >= 15 is 0 Å². The van der Waals surface area contributed by atoms with E-state index in [1.165, 1.54) is 0 Å². The van der Waals surface area contributed by atoms with Crippen LogP contribution >= 0.6 is 0 Å². The Labute approximate surface area is 121 Å². The second kappa shape index (κ2) is 6.29. The van der Waals surface area contributed by atoms with Crippen LogP contribution in [0.2, 0.25) is 0 Å². The summed E-state index contributed by atoms with van der Waals surface area (Å²) in [5, 5.41) is 0. The number of nitrogens with zero attached hydrogens (tertiary/aromatic N) is 1. The van der Waals surface area contributed by atoms with Gasteiger partial charge in [-0.25, -0.2) is 9.18 Å². The predicted molar refractivity (Wildman–Crippen MR) is 78.3 cm³/mol. The third-order valence-corrected chi connectivity index (χ3v) is 3.60. The summed E-state index contributed by atoms with van der Waals surface area (Å²) in [5.41, 5.74) is 4.87. The zero-order valence-electron chi connectivity index (χ0n) is 13.4. The highest BCUT2D eigenvalue weighted by Crippen LogP contribution is 2.35. The monoisotopic (exact) mass is 288 g/mol. The van der Waals surface area contributed by atoms with Crippen molar-refractivity contribution in [1.82, 2.24) is 4.90 Å². The number of alkyl halides is 1. The fraction of sp³-hybridized carbons (Fsp3) is 0.933. The Hall–Kier alpha value is -0.840. The van der Waals surface area contributed by atoms with Crippen LogP contribution in [-0.4, -0.2) is 41.9 Å². The maximum atomic E-state index is 14.3. The lowest BCUT2D eigenvalue weighted by atomic mass is 9.80. The minimum absolute atomic E-state index is 0.00413. The summed E-state index contributed by atoms with van der Waals surface area (Å²) in [6, 6.07) is -0.415. The Morgan fingerprint density at radius 1 is 1.50 bits per heavy atom. The molecule has 0 saturated carbocycles. The molecule has 1 aliphatic heterocycles. The SMILES string of the molecule is CC1(C)CCC(C(F)CCN)N(C(=O)OC(C)(C)C)C1. The van der Waals surface area contributed by atoms with Crippen molar-refractivity contribution in [2.24, 2.45) is 11.1 Å². The van der Waals surface area contributed by atoms with Crippen LogP contribution in [0.5, 0.6) is 0 Å². The molecule has 20 heavy (non-hydrogen) atoms. The Morgan fingerprint density at radius 3 is 2.60 bits per heavy atom. The topological polar surface area (TPSA) is 55.6 Å². The number of carbonyl (C=O) groups excluding carboxylic acids is 1. The lowest BCUT2D eigenvalue weighted by Crippen LogP contribution is -2.54. The van der Waals surface area contributed by atoms with Gasteiger partial charge >= 0.3 is 6.09 Å². The van der Waals surface area contributed by atoms with Gasteiger partial charge in [0.05, 0.1) is 6.04 Å². The van der Waals surface area contributed by atoms with Gasteiger partial charge in [-0.1, -0.05) is 13.8 Å². The average molecular weight is 288 g/mol. The summed E-state index contributed by atoms with van der Waals surface area (Å²) >= 11 is 0. The molecule has 5 heteroatoms. The summed E-state index contributed by atoms with van der Waals surface area (Å²) in [6.45, 7) is 10.5. The maximum absolute atomic E-state index is 14.3. The van der Waals surface area contributed by atoms with Gasteiger partial charge < -0.3 is 15.4 Å². The molecule has 1 aliphatic rings. The zero-order chi connectivity index (χ0) is 15.6. The molecule has 2 atom stereocenters. The summed E-state index contributed by atoms with van der Waals surface area (Å²) in [7, 11) is 0. The minimum atomic E-state index is -1.08. The lowest BCUT2D eigenvalue weighted by Gasteiger charge is -2.44. The van der Waals surface area contributed by atoms with Crippen LogP contribution in [0.4, 0.5) is 9.18 Å². The molecule has 1 amide bonds. The lowest BCUT2D eigenvalue weighted by molar-refractivity contribution is -0.0233. The van der Waals surface area contributed by atoms with Crippen LogP contribution in [0, 0.1) is 5.41 Å². The zero-order valence-corrected chi connectivity index (χ0v) is 13.4. The van der Waals surface area contributed by atoms with Crippen molar-refractivity contribution < 1.29 is 13.9 Å². The molecule has 0 aromatic heterocycles. The van der Waals surface area contributed by atoms with Gasteiger partial charge in [0.1, 0.15) is 11.8 Å². The number of hydrogen-bond donors (Lipinski definition) is 1. The van der Waals surface area contributed by atoms with Gasteiger partial charge in [-0.15, -0.1) is 0 Å². The molecule has 0 aromatic rings. The third kappa shape index (κ3) is 4.93. The first-order valence-corrected chi connectivity index (χ1v) is 7.39. The van der Waals surface area contributed by atoms with E-state index in [1.54, 1.807) is 4.90 Å². The molecule has 1 saturated heterocycles. The van der Waals surface area contributed by atoms with E-state index in [9.17, 15) is 9.18 Å². The van der Waals surface area contributed by atoms with Gasteiger partial charge in [0.25, 0.3) is 0 Å². The molecule has 0 bridgehead atoms. The Balaban J connectivity index is 2.84. The Morgan fingerprint density at radius 2 is 2.10 bits per heavy atom. The second-order valence-corrected chi connectivity index (χ2v) is 7.47. The first-order chi connectivity index (χ1) is 9.06. The second-order valence-electron chi connectivity index (χ2n) is 7.47. The van der Waals surface area contributed by atoms with Gasteiger partial charge in [-0.05, 0) is 52.0 Å². The molecule has 0 aliphatic carbocycles. The van der Waals surface area contributed by atoms with Gasteiger partial charge in [0.15, 0.2) is 0 Å². The van der Waals surface area contributed by atoms with Crippen molar-refractivity contribution in [2.75, 3.05) is 13.1 Å². The molecule has 0 aromatic carbocycles. The highest BCUT2D eigenvalue weighted by Gasteiger charge is 2.41. The molecule has 118 valence electrons. The minimum Gasteiger partial charge on any atom is -0.444 e. The molecule has 4 nitrogen and oxygen atoms in total. The van der Waals surface area contributed by atoms with Crippen LogP contribution in [0.15, 0.2) is 0 Å². The van der Waals surface area contributed by atoms with Gasteiger partial charge in [-0.3, -0.25) is 0 Å². The third-order valence-electron chi connectivity index (χ3n) is 3.60. The highest BCUT2D eigenvalue weighted by molar-refractivity contribution is 5.69. The van der Waals surface area contributed by atoms with Gasteiger partial charge in [0.2, 0.25) is 0 Å². The molecule has 1 heterocycles. The standard InChI is InChI=1S/C15H29FN2O2/c1-14(2,3)20-13(19)18-10-15(4,5)8-6-12(18)11(16)7-9-17/h11-12H,6-10,17H2,1-5H3. The number of amides is 1. The number of likely N-dealkylation sites (tertiary alicyclic amines) is 1. The number of rotatable bonds is 3. The number of hydrogen-bond acceptors (Lipinski definition) is 3. The first-order valence-electron chi connectivity index (χ1n) is 7.39. The number of carbonyl (C=O) groups is 1. The number of nitrogens with two attached hydrogens (primary N) is 1. The van der Waals surface area contributed by atoms with Crippen molar-refractivity contribution in [3.05, 3.63) is 0 Å². The van der Waals surface area contributed by atoms with Crippen LogP contribution in [0.3, 0.4) is 0 Å². The van der Waals surface area contributed by atoms with Gasteiger partial charge in [-0.2, -0.15) is 0 Å². The molecule has 1 fully saturated rings. The largest absolute Gasteiger partial charge is 0.444 e. The van der Waals surface area contributed by atoms with E-state index < -0.39 is 23.9 Å². The Bertz CT molecular complexity index is 339. The maximum Gasteiger partial charge on any atom is 0.410 e. The van der Waals surface area contributed by atoms with Crippen molar-refractivity contribution in [3.8, 4) is 0 Å². The quantitative estimate of drug-likeness (QED) is 0.868. The Kier molecular flexibility index (Phi) is 5.41. The van der Waals surface area contributed by atoms with Crippen LogP contribution in [0.1, 0.15) is 53.9 Å². The van der Waals surface area contributed by atoms with E-state index in [4.69, 9.17) is 10.5 Å². The fourth-order valence-corrected chi connectivity index (χ4v) is 2.60.